The normalized spacial score (nSPS) is 17.0. The van der Waals surface area contributed by atoms with Crippen LogP contribution >= 0.6 is 0 Å². The van der Waals surface area contributed by atoms with Crippen LogP contribution in [-0.2, 0) is 22.6 Å². The van der Waals surface area contributed by atoms with Crippen molar-refractivity contribution >= 4 is 29.1 Å². The third kappa shape index (κ3) is 4.50. The third-order valence-electron chi connectivity index (χ3n) is 6.00. The zero-order valence-electron chi connectivity index (χ0n) is 19.4. The molecule has 1 aliphatic rings. The fraction of sp³-hybridized carbons (Fsp3) is 0.222. The van der Waals surface area contributed by atoms with Gasteiger partial charge in [-0.05, 0) is 60.5 Å². The number of amides is 3. The van der Waals surface area contributed by atoms with Crippen molar-refractivity contribution < 1.29 is 19.1 Å². The van der Waals surface area contributed by atoms with Crippen LogP contribution in [0.3, 0.4) is 0 Å². The highest BCUT2D eigenvalue weighted by Crippen LogP contribution is 2.36. The van der Waals surface area contributed by atoms with Gasteiger partial charge in [-0.1, -0.05) is 30.3 Å². The van der Waals surface area contributed by atoms with Crippen LogP contribution in [0, 0.1) is 0 Å². The molecule has 2 N–H and O–H groups in total. The number of nitrogens with one attached hydrogen (secondary N) is 2. The Morgan fingerprint density at radius 2 is 1.76 bits per heavy atom. The summed E-state index contributed by atoms with van der Waals surface area (Å²) in [5.74, 6) is 0.0235. The van der Waals surface area contributed by atoms with Crippen molar-refractivity contribution in [3.63, 3.8) is 0 Å². The van der Waals surface area contributed by atoms with Crippen molar-refractivity contribution in [2.24, 2.45) is 0 Å². The zero-order valence-corrected chi connectivity index (χ0v) is 19.4. The topological polar surface area (TPSA) is 87.7 Å². The Morgan fingerprint density at radius 1 is 1.03 bits per heavy atom. The molecule has 3 amide bonds. The lowest BCUT2D eigenvalue weighted by Crippen LogP contribution is -2.63. The minimum absolute atomic E-state index is 0.183. The summed E-state index contributed by atoms with van der Waals surface area (Å²) in [6.07, 6.45) is 0.367. The molecule has 1 atom stereocenters. The second kappa shape index (κ2) is 9.39. The predicted molar refractivity (Wildman–Crippen MR) is 131 cm³/mol. The molecule has 174 valence electrons. The second-order valence-corrected chi connectivity index (χ2v) is 8.51. The number of fused-ring (bicyclic) bond motifs is 1. The number of anilines is 2. The van der Waals surface area contributed by atoms with Gasteiger partial charge in [0.15, 0.2) is 0 Å². The van der Waals surface area contributed by atoms with Crippen molar-refractivity contribution in [1.82, 2.24) is 5.32 Å². The van der Waals surface area contributed by atoms with Crippen LogP contribution in [0.5, 0.6) is 5.75 Å². The van der Waals surface area contributed by atoms with Crippen molar-refractivity contribution in [3.05, 3.63) is 89.5 Å². The van der Waals surface area contributed by atoms with Gasteiger partial charge in [-0.25, -0.2) is 0 Å². The maximum atomic E-state index is 13.6. The number of methoxy groups -OCH3 is 1. The van der Waals surface area contributed by atoms with E-state index in [4.69, 9.17) is 4.74 Å². The first-order valence-electron chi connectivity index (χ1n) is 11.0. The number of ether oxygens (including phenoxy) is 1. The van der Waals surface area contributed by atoms with Crippen molar-refractivity contribution in [1.29, 1.82) is 0 Å². The Hall–Kier alpha value is -4.13. The van der Waals surface area contributed by atoms with Gasteiger partial charge in [0, 0.05) is 36.8 Å². The zero-order chi connectivity index (χ0) is 24.3. The van der Waals surface area contributed by atoms with Crippen LogP contribution < -0.4 is 20.3 Å². The minimum atomic E-state index is -1.15. The van der Waals surface area contributed by atoms with Gasteiger partial charge in [0.1, 0.15) is 11.3 Å². The molecule has 1 unspecified atom stereocenters. The summed E-state index contributed by atoms with van der Waals surface area (Å²) in [6.45, 7) is 3.52. The smallest absolute Gasteiger partial charge is 0.259 e. The minimum Gasteiger partial charge on any atom is -0.497 e. The van der Waals surface area contributed by atoms with Gasteiger partial charge in [0.25, 0.3) is 5.91 Å². The number of hydrogen-bond donors (Lipinski definition) is 2. The van der Waals surface area contributed by atoms with E-state index in [2.05, 4.69) is 10.6 Å². The van der Waals surface area contributed by atoms with Crippen LogP contribution in [0.2, 0.25) is 0 Å². The average molecular weight is 458 g/mol. The van der Waals surface area contributed by atoms with Crippen LogP contribution in [0.25, 0.3) is 0 Å². The number of nitrogens with zero attached hydrogens (tertiary/aromatic N) is 1. The maximum absolute atomic E-state index is 13.6. The molecular formula is C27H27N3O4. The van der Waals surface area contributed by atoms with Crippen LogP contribution in [0.15, 0.2) is 72.8 Å². The molecule has 34 heavy (non-hydrogen) atoms. The molecule has 1 aliphatic heterocycles. The first-order chi connectivity index (χ1) is 16.3. The summed E-state index contributed by atoms with van der Waals surface area (Å²) >= 11 is 0. The molecule has 1 heterocycles. The van der Waals surface area contributed by atoms with E-state index in [0.717, 1.165) is 11.1 Å². The number of benzene rings is 3. The number of carbonyl (C=O) groups excluding carboxylic acids is 3. The standard InChI is InChI=1S/C27H27N3O4/c1-18(31)29-21-11-13-22(14-12-21)30-25(32)24-10-5-4-8-20(24)16-27(30,2)26(33)28-17-19-7-6-9-23(15-19)34-3/h4-15H,16-17H2,1-3H3,(H,28,33)(H,29,31). The van der Waals surface area contributed by atoms with E-state index < -0.39 is 5.54 Å². The highest BCUT2D eigenvalue weighted by molar-refractivity contribution is 6.14. The molecule has 0 aromatic heterocycles. The summed E-state index contributed by atoms with van der Waals surface area (Å²) < 4.78 is 5.27. The summed E-state index contributed by atoms with van der Waals surface area (Å²) in [7, 11) is 1.60. The molecule has 0 fully saturated rings. The Bertz CT molecular complexity index is 1240. The number of rotatable bonds is 6. The molecule has 0 saturated heterocycles. The van der Waals surface area contributed by atoms with Gasteiger partial charge in [0.2, 0.25) is 11.8 Å². The van der Waals surface area contributed by atoms with Gasteiger partial charge in [-0.15, -0.1) is 0 Å². The summed E-state index contributed by atoms with van der Waals surface area (Å²) in [4.78, 5) is 40.1. The lowest BCUT2D eigenvalue weighted by Gasteiger charge is -2.44. The molecular weight excluding hydrogens is 430 g/mol. The number of hydrogen-bond acceptors (Lipinski definition) is 4. The molecule has 3 aromatic carbocycles. The lowest BCUT2D eigenvalue weighted by atomic mass is 9.82. The van der Waals surface area contributed by atoms with Crippen molar-refractivity contribution in [2.75, 3.05) is 17.3 Å². The SMILES string of the molecule is COc1cccc(CNC(=O)C2(C)Cc3ccccc3C(=O)N2c2ccc(NC(C)=O)cc2)c1. The fourth-order valence-corrected chi connectivity index (χ4v) is 4.31. The van der Waals surface area contributed by atoms with Gasteiger partial charge < -0.3 is 15.4 Å². The van der Waals surface area contributed by atoms with E-state index in [9.17, 15) is 14.4 Å². The fourth-order valence-electron chi connectivity index (χ4n) is 4.31. The molecule has 7 heteroatoms. The maximum Gasteiger partial charge on any atom is 0.259 e. The Kier molecular flexibility index (Phi) is 6.36. The molecule has 4 rings (SSSR count). The molecule has 0 aliphatic carbocycles. The largest absolute Gasteiger partial charge is 0.497 e. The van der Waals surface area contributed by atoms with E-state index >= 15 is 0 Å². The third-order valence-corrected chi connectivity index (χ3v) is 6.00. The van der Waals surface area contributed by atoms with E-state index in [1.807, 2.05) is 42.5 Å². The Morgan fingerprint density at radius 3 is 2.47 bits per heavy atom. The van der Waals surface area contributed by atoms with Gasteiger partial charge in [-0.2, -0.15) is 0 Å². The lowest BCUT2D eigenvalue weighted by molar-refractivity contribution is -0.126. The van der Waals surface area contributed by atoms with Gasteiger partial charge in [-0.3, -0.25) is 19.3 Å². The quantitative estimate of drug-likeness (QED) is 0.587. The van der Waals surface area contributed by atoms with Crippen LogP contribution in [0.4, 0.5) is 11.4 Å². The second-order valence-electron chi connectivity index (χ2n) is 8.51. The van der Waals surface area contributed by atoms with Gasteiger partial charge in [0.05, 0.1) is 7.11 Å². The Balaban J connectivity index is 1.67. The van der Waals surface area contributed by atoms with E-state index in [1.165, 1.54) is 6.92 Å². The van der Waals surface area contributed by atoms with E-state index in [0.29, 0.717) is 35.7 Å². The van der Waals surface area contributed by atoms with E-state index in [-0.39, 0.29) is 17.7 Å². The molecule has 0 bridgehead atoms. The first kappa shape index (κ1) is 23.0. The molecule has 3 aromatic rings. The molecule has 7 nitrogen and oxygen atoms in total. The summed E-state index contributed by atoms with van der Waals surface area (Å²) in [5, 5.41) is 5.72. The molecule has 0 spiro atoms. The molecule has 0 radical (unpaired) electrons. The van der Waals surface area contributed by atoms with Crippen molar-refractivity contribution in [2.45, 2.75) is 32.4 Å². The van der Waals surface area contributed by atoms with Crippen LogP contribution in [0.1, 0.15) is 35.3 Å². The number of carbonyl (C=O) groups is 3. The summed E-state index contributed by atoms with van der Waals surface area (Å²) in [5.41, 5.74) is 2.34. The highest BCUT2D eigenvalue weighted by Gasteiger charge is 2.47. The monoisotopic (exact) mass is 457 g/mol. The Labute approximate surface area is 198 Å². The van der Waals surface area contributed by atoms with Gasteiger partial charge >= 0.3 is 0 Å². The predicted octanol–water partition coefficient (Wildman–Crippen LogP) is 3.93. The van der Waals surface area contributed by atoms with Crippen molar-refractivity contribution in [3.8, 4) is 5.75 Å². The first-order valence-corrected chi connectivity index (χ1v) is 11.0. The highest BCUT2D eigenvalue weighted by atomic mass is 16.5. The van der Waals surface area contributed by atoms with Crippen LogP contribution in [-0.4, -0.2) is 30.4 Å². The average Bonchev–Trinajstić information content (AvgIpc) is 2.83. The van der Waals surface area contributed by atoms with E-state index in [1.54, 1.807) is 49.3 Å². The summed E-state index contributed by atoms with van der Waals surface area (Å²) in [6, 6.07) is 21.8. The molecule has 0 saturated carbocycles.